The van der Waals surface area contributed by atoms with E-state index in [-0.39, 0.29) is 36.4 Å². The third-order valence-corrected chi connectivity index (χ3v) is 11.8. The number of aliphatic hydroxyl groups is 1. The summed E-state index contributed by atoms with van der Waals surface area (Å²) in [5.74, 6) is -0.954. The average molecular weight is 504 g/mol. The SMILES string of the molecule is CC12C=CC(=O)C=C1C(F)CC1C2C(O)CC2(C)C1(C)CC1CN(CC3CCCC3)OC12C(=O)CF. The summed E-state index contributed by atoms with van der Waals surface area (Å²) in [6.07, 6.45) is 8.36. The molecule has 9 unspecified atom stereocenters. The molecule has 0 radical (unpaired) electrons. The second-order valence-electron chi connectivity index (χ2n) is 13.3. The third kappa shape index (κ3) is 2.97. The Balaban J connectivity index is 1.41. The molecule has 0 amide bonds. The molecule has 0 spiro atoms. The lowest BCUT2D eigenvalue weighted by molar-refractivity contribution is -0.269. The standard InChI is InChI=1S/C29H39F2NO4/c1-26-9-8-19(33)10-20(26)22(31)11-21-25(26)23(34)13-28(3)27(21,2)12-18-16-32(15-17-6-4-5-7-17)36-29(18,28)24(35)14-30/h8-10,17-18,21-23,25,34H,4-7,11-16H2,1-3H3. The van der Waals surface area contributed by atoms with Crippen molar-refractivity contribution < 1.29 is 28.3 Å². The van der Waals surface area contributed by atoms with Gasteiger partial charge in [-0.2, -0.15) is 5.06 Å². The van der Waals surface area contributed by atoms with Gasteiger partial charge in [-0.3, -0.25) is 14.4 Å². The summed E-state index contributed by atoms with van der Waals surface area (Å²) in [6, 6.07) is 0. The molecule has 1 aliphatic heterocycles. The second kappa shape index (κ2) is 8.03. The first-order valence-corrected chi connectivity index (χ1v) is 13.8. The van der Waals surface area contributed by atoms with E-state index in [0.29, 0.717) is 24.5 Å². The highest BCUT2D eigenvalue weighted by Crippen LogP contribution is 2.76. The van der Waals surface area contributed by atoms with Gasteiger partial charge in [-0.05, 0) is 67.1 Å². The normalized spacial score (nSPS) is 50.4. The predicted octanol–water partition coefficient (Wildman–Crippen LogP) is 4.54. The zero-order valence-electron chi connectivity index (χ0n) is 21.6. The molecule has 0 aromatic heterocycles. The Bertz CT molecular complexity index is 1040. The van der Waals surface area contributed by atoms with Crippen molar-refractivity contribution in [2.75, 3.05) is 19.8 Å². The van der Waals surface area contributed by atoms with Crippen molar-refractivity contribution in [2.24, 2.45) is 39.9 Å². The van der Waals surface area contributed by atoms with E-state index < -0.39 is 46.6 Å². The number of Topliss-reactive ketones (excluding diaryl/α,β-unsaturated/α-hetero) is 1. The summed E-state index contributed by atoms with van der Waals surface area (Å²) in [5.41, 5.74) is -3.04. The van der Waals surface area contributed by atoms with E-state index in [1.54, 1.807) is 6.08 Å². The molecule has 5 fully saturated rings. The number of carbonyl (C=O) groups is 2. The van der Waals surface area contributed by atoms with Crippen LogP contribution in [0.15, 0.2) is 23.8 Å². The number of aliphatic hydroxyl groups excluding tert-OH is 1. The van der Waals surface area contributed by atoms with Crippen LogP contribution >= 0.6 is 0 Å². The first-order chi connectivity index (χ1) is 17.0. The van der Waals surface area contributed by atoms with E-state index in [1.165, 1.54) is 25.0 Å². The number of ketones is 2. The molecule has 36 heavy (non-hydrogen) atoms. The van der Waals surface area contributed by atoms with Crippen LogP contribution in [0.2, 0.25) is 0 Å². The first-order valence-electron chi connectivity index (χ1n) is 13.8. The Hall–Kier alpha value is -1.44. The highest BCUT2D eigenvalue weighted by molar-refractivity contribution is 6.01. The maximum atomic E-state index is 15.8. The zero-order chi connectivity index (χ0) is 25.7. The number of halogens is 2. The highest BCUT2D eigenvalue weighted by Gasteiger charge is 2.79. The molecule has 6 rings (SSSR count). The van der Waals surface area contributed by atoms with Crippen LogP contribution in [-0.4, -0.2) is 59.4 Å². The Labute approximate surface area is 212 Å². The third-order valence-electron chi connectivity index (χ3n) is 11.8. The van der Waals surface area contributed by atoms with Crippen LogP contribution in [0.5, 0.6) is 0 Å². The number of alkyl halides is 2. The maximum absolute atomic E-state index is 15.8. The number of nitrogens with zero attached hydrogens (tertiary/aromatic N) is 1. The Morgan fingerprint density at radius 3 is 2.64 bits per heavy atom. The molecule has 0 aromatic rings. The van der Waals surface area contributed by atoms with Gasteiger partial charge in [0.2, 0.25) is 0 Å². The summed E-state index contributed by atoms with van der Waals surface area (Å²) in [5, 5.41) is 13.6. The van der Waals surface area contributed by atoms with Crippen LogP contribution < -0.4 is 0 Å². The molecule has 7 heteroatoms. The monoisotopic (exact) mass is 503 g/mol. The van der Waals surface area contributed by atoms with Gasteiger partial charge in [0.15, 0.2) is 23.8 Å². The molecular formula is C29H39F2NO4. The molecule has 0 bridgehead atoms. The lowest BCUT2D eigenvalue weighted by atomic mass is 9.41. The molecule has 198 valence electrons. The molecule has 1 saturated heterocycles. The van der Waals surface area contributed by atoms with Gasteiger partial charge in [-0.15, -0.1) is 0 Å². The number of rotatable bonds is 4. The zero-order valence-corrected chi connectivity index (χ0v) is 21.6. The average Bonchev–Trinajstić information content (AvgIpc) is 3.50. The van der Waals surface area contributed by atoms with Crippen molar-refractivity contribution >= 4 is 11.6 Å². The fourth-order valence-electron chi connectivity index (χ4n) is 10.1. The van der Waals surface area contributed by atoms with Gasteiger partial charge in [0, 0.05) is 35.8 Å². The smallest absolute Gasteiger partial charge is 0.198 e. The van der Waals surface area contributed by atoms with Gasteiger partial charge in [0.05, 0.1) is 6.10 Å². The lowest BCUT2D eigenvalue weighted by Crippen LogP contribution is -2.67. The molecule has 5 aliphatic carbocycles. The minimum atomic E-state index is -1.34. The molecule has 4 saturated carbocycles. The maximum Gasteiger partial charge on any atom is 0.198 e. The fourth-order valence-corrected chi connectivity index (χ4v) is 10.1. The second-order valence-corrected chi connectivity index (χ2v) is 13.3. The summed E-state index contributed by atoms with van der Waals surface area (Å²) in [7, 11) is 0. The number of hydroxylamine groups is 2. The van der Waals surface area contributed by atoms with Crippen molar-refractivity contribution in [1.29, 1.82) is 0 Å². The summed E-state index contributed by atoms with van der Waals surface area (Å²) in [4.78, 5) is 32.2. The quantitative estimate of drug-likeness (QED) is 0.610. The molecule has 1 heterocycles. The van der Waals surface area contributed by atoms with Crippen molar-refractivity contribution in [2.45, 2.75) is 83.6 Å². The van der Waals surface area contributed by atoms with Gasteiger partial charge < -0.3 is 5.11 Å². The summed E-state index contributed by atoms with van der Waals surface area (Å²) >= 11 is 0. The van der Waals surface area contributed by atoms with E-state index in [2.05, 4.69) is 6.92 Å². The minimum Gasteiger partial charge on any atom is -0.393 e. The molecule has 5 nitrogen and oxygen atoms in total. The van der Waals surface area contributed by atoms with E-state index >= 15 is 4.39 Å². The van der Waals surface area contributed by atoms with Crippen molar-refractivity contribution in [3.05, 3.63) is 23.8 Å². The van der Waals surface area contributed by atoms with Gasteiger partial charge in [-0.1, -0.05) is 39.7 Å². The van der Waals surface area contributed by atoms with E-state index in [4.69, 9.17) is 4.84 Å². The van der Waals surface area contributed by atoms with Crippen molar-refractivity contribution in [3.63, 3.8) is 0 Å². The van der Waals surface area contributed by atoms with Gasteiger partial charge in [0.1, 0.15) is 6.17 Å². The van der Waals surface area contributed by atoms with Crippen LogP contribution in [0.1, 0.15) is 65.7 Å². The van der Waals surface area contributed by atoms with Crippen LogP contribution in [0.25, 0.3) is 0 Å². The number of fused-ring (bicyclic) bond motifs is 7. The van der Waals surface area contributed by atoms with Crippen LogP contribution in [0, 0.1) is 39.9 Å². The highest BCUT2D eigenvalue weighted by atomic mass is 19.1. The number of carbonyl (C=O) groups excluding carboxylic acids is 2. The van der Waals surface area contributed by atoms with Gasteiger partial charge in [0.25, 0.3) is 0 Å². The van der Waals surface area contributed by atoms with Crippen LogP contribution in [-0.2, 0) is 14.4 Å². The Kier molecular flexibility index (Phi) is 5.55. The Morgan fingerprint density at radius 2 is 1.94 bits per heavy atom. The van der Waals surface area contributed by atoms with E-state index in [9.17, 15) is 19.1 Å². The summed E-state index contributed by atoms with van der Waals surface area (Å²) in [6.45, 7) is 6.24. The van der Waals surface area contributed by atoms with Gasteiger partial charge in [-0.25, -0.2) is 8.78 Å². The fraction of sp³-hybridized carbons (Fsp3) is 0.793. The van der Waals surface area contributed by atoms with Gasteiger partial charge >= 0.3 is 0 Å². The Morgan fingerprint density at radius 1 is 1.22 bits per heavy atom. The van der Waals surface area contributed by atoms with E-state index in [1.807, 2.05) is 18.9 Å². The number of allylic oxidation sites excluding steroid dienone is 4. The van der Waals surface area contributed by atoms with Crippen molar-refractivity contribution in [3.8, 4) is 0 Å². The predicted molar refractivity (Wildman–Crippen MR) is 130 cm³/mol. The molecule has 1 N–H and O–H groups in total. The number of hydrogen-bond acceptors (Lipinski definition) is 5. The first kappa shape index (κ1) is 24.9. The number of hydrogen-bond donors (Lipinski definition) is 1. The lowest BCUT2D eigenvalue weighted by Gasteiger charge is -2.64. The largest absolute Gasteiger partial charge is 0.393 e. The van der Waals surface area contributed by atoms with E-state index in [0.717, 1.165) is 19.4 Å². The summed E-state index contributed by atoms with van der Waals surface area (Å²) < 4.78 is 30.0. The molecular weight excluding hydrogens is 464 g/mol. The topological polar surface area (TPSA) is 66.8 Å². The minimum absolute atomic E-state index is 0.189. The molecule has 9 atom stereocenters. The van der Waals surface area contributed by atoms with Crippen molar-refractivity contribution in [1.82, 2.24) is 5.06 Å². The molecule has 6 aliphatic rings. The van der Waals surface area contributed by atoms with Crippen LogP contribution in [0.3, 0.4) is 0 Å². The van der Waals surface area contributed by atoms with Crippen LogP contribution in [0.4, 0.5) is 8.78 Å². The molecule has 0 aromatic carbocycles.